The molecule has 2 heteroatoms. The number of rotatable bonds is 6. The van der Waals surface area contributed by atoms with Crippen molar-refractivity contribution in [2.45, 2.75) is 34.5 Å². The number of anilines is 3. The van der Waals surface area contributed by atoms with E-state index in [-0.39, 0.29) is 5.41 Å². The van der Waals surface area contributed by atoms with Crippen LogP contribution in [0.1, 0.15) is 47.2 Å². The zero-order valence-corrected chi connectivity index (χ0v) is 36.7. The van der Waals surface area contributed by atoms with Gasteiger partial charge in [-0.05, 0) is 121 Å². The van der Waals surface area contributed by atoms with Crippen molar-refractivity contribution in [1.82, 2.24) is 0 Å². The Bertz CT molecular complexity index is 3370. The highest BCUT2D eigenvalue weighted by Gasteiger charge is 2.52. The lowest BCUT2D eigenvalue weighted by atomic mass is 9.53. The van der Waals surface area contributed by atoms with E-state index in [4.69, 9.17) is 0 Å². The quantitative estimate of drug-likeness (QED) is 0.164. The molecule has 0 bridgehead atoms. The molecule has 1 aliphatic carbocycles. The first-order valence-corrected chi connectivity index (χ1v) is 23.1. The van der Waals surface area contributed by atoms with Gasteiger partial charge >= 0.3 is 0 Å². The van der Waals surface area contributed by atoms with Crippen LogP contribution in [0.15, 0.2) is 246 Å². The van der Waals surface area contributed by atoms with E-state index in [2.05, 4.69) is 255 Å². The third-order valence-corrected chi connectivity index (χ3v) is 14.9. The van der Waals surface area contributed by atoms with Gasteiger partial charge in [0.1, 0.15) is 0 Å². The van der Waals surface area contributed by atoms with Crippen LogP contribution in [-0.2, 0) is 10.8 Å². The van der Waals surface area contributed by atoms with Crippen LogP contribution in [0.5, 0.6) is 0 Å². The fraction of sp³-hybridized carbons (Fsp3) is 0.0645. The van der Waals surface area contributed by atoms with Crippen LogP contribution in [0, 0.1) is 0 Å². The van der Waals surface area contributed by atoms with Gasteiger partial charge in [0.15, 0.2) is 0 Å². The molecule has 1 atom stereocenters. The van der Waals surface area contributed by atoms with Crippen molar-refractivity contribution >= 4 is 39.6 Å². The predicted octanol–water partition coefficient (Wildman–Crippen LogP) is 16.8. The van der Waals surface area contributed by atoms with Gasteiger partial charge in [-0.2, -0.15) is 0 Å². The Morgan fingerprint density at radius 1 is 0.359 bits per heavy atom. The Balaban J connectivity index is 1.03. The summed E-state index contributed by atoms with van der Waals surface area (Å²) in [7, 11) is 0. The van der Waals surface area contributed by atoms with Gasteiger partial charge in [0.05, 0.1) is 11.1 Å². The maximum Gasteiger partial charge on any atom is 0.0729 e. The Morgan fingerprint density at radius 3 is 1.62 bits per heavy atom. The first-order chi connectivity index (χ1) is 31.5. The first-order valence-electron chi connectivity index (χ1n) is 22.3. The largest absolute Gasteiger partial charge is 0.310 e. The summed E-state index contributed by atoms with van der Waals surface area (Å²) in [6.45, 7) is 4.84. The average molecular weight is 836 g/mol. The van der Waals surface area contributed by atoms with Crippen LogP contribution in [0.4, 0.5) is 17.1 Å². The van der Waals surface area contributed by atoms with Gasteiger partial charge in [0.2, 0.25) is 0 Å². The lowest BCUT2D eigenvalue weighted by Gasteiger charge is -2.50. The molecule has 0 aromatic heterocycles. The average Bonchev–Trinajstić information content (AvgIpc) is 3.36. The van der Waals surface area contributed by atoms with Crippen molar-refractivity contribution in [2.75, 3.05) is 4.90 Å². The minimum atomic E-state index is -0.511. The lowest BCUT2D eigenvalue weighted by Crippen LogP contribution is -2.43. The summed E-state index contributed by atoms with van der Waals surface area (Å²) >= 11 is 1.90. The number of nitrogens with zero attached hydrogens (tertiary/aromatic N) is 1. The Hall–Kier alpha value is -7.39. The highest BCUT2D eigenvalue weighted by Crippen LogP contribution is 2.62. The first kappa shape index (κ1) is 38.3. The van der Waals surface area contributed by atoms with Gasteiger partial charge in [-0.25, -0.2) is 0 Å². The summed E-state index contributed by atoms with van der Waals surface area (Å²) in [4.78, 5) is 5.02. The van der Waals surface area contributed by atoms with E-state index >= 15 is 0 Å². The molecular formula is C62H45NS. The molecule has 1 spiro atoms. The van der Waals surface area contributed by atoms with Gasteiger partial charge in [0.25, 0.3) is 0 Å². The molecule has 1 unspecified atom stereocenters. The van der Waals surface area contributed by atoms with E-state index in [0.717, 1.165) is 17.1 Å². The molecule has 64 heavy (non-hydrogen) atoms. The summed E-state index contributed by atoms with van der Waals surface area (Å²) in [5.41, 5.74) is 18.0. The van der Waals surface area contributed by atoms with Crippen LogP contribution in [0.3, 0.4) is 0 Å². The van der Waals surface area contributed by atoms with Crippen molar-refractivity contribution in [2.24, 2.45) is 0 Å². The van der Waals surface area contributed by atoms with E-state index in [9.17, 15) is 0 Å². The SMILES string of the molecule is CC1(C)c2ccccc2C2(c3ccccc3Sc3ccc(-c4ccc(N(c5ccc(-c6ccccc6)cc5)c5ccccc5-c5ccccc5)cc4)cc32)c2ccc3ccccc3c21. The predicted molar refractivity (Wildman–Crippen MR) is 269 cm³/mol. The number of hydrogen-bond acceptors (Lipinski definition) is 2. The standard InChI is InChI=1S/C62H45NS/c1-61(2)52-24-12-13-25-53(52)62(55-39-33-46-21-9-10-23-51(46)60(55)61)54-26-14-16-28-58(54)64-59-40-34-47(41-56(59)62)44-31-37-49(38-32-44)63(48-35-29-43(30-36-48)42-17-5-3-6-18-42)57-27-15-11-22-50(57)45-19-7-4-8-20-45/h3-41H,1-2H3. The van der Waals surface area contributed by atoms with Gasteiger partial charge in [0, 0.05) is 32.1 Å². The zero-order valence-electron chi connectivity index (χ0n) is 35.9. The fourth-order valence-electron chi connectivity index (χ4n) is 10.9. The highest BCUT2D eigenvalue weighted by atomic mass is 32.2. The molecule has 0 saturated carbocycles. The normalized spacial score (nSPS) is 15.5. The molecule has 1 heterocycles. The van der Waals surface area contributed by atoms with E-state index in [1.807, 2.05) is 11.8 Å². The Morgan fingerprint density at radius 2 is 0.891 bits per heavy atom. The maximum atomic E-state index is 2.51. The highest BCUT2D eigenvalue weighted by molar-refractivity contribution is 7.99. The smallest absolute Gasteiger partial charge is 0.0729 e. The molecular weight excluding hydrogens is 791 g/mol. The second-order valence-electron chi connectivity index (χ2n) is 17.6. The summed E-state index contributed by atoms with van der Waals surface area (Å²) < 4.78 is 0. The van der Waals surface area contributed by atoms with Crippen LogP contribution in [-0.4, -0.2) is 0 Å². The van der Waals surface area contributed by atoms with Crippen LogP contribution >= 0.6 is 11.8 Å². The molecule has 0 saturated heterocycles. The molecule has 0 N–H and O–H groups in total. The third-order valence-electron chi connectivity index (χ3n) is 13.8. The van der Waals surface area contributed by atoms with E-state index in [0.29, 0.717) is 0 Å². The summed E-state index contributed by atoms with van der Waals surface area (Å²) in [5, 5.41) is 2.61. The second-order valence-corrected chi connectivity index (χ2v) is 18.7. The molecule has 1 aliphatic heterocycles. The van der Waals surface area contributed by atoms with Crippen LogP contribution in [0.25, 0.3) is 44.2 Å². The van der Waals surface area contributed by atoms with E-state index < -0.39 is 5.41 Å². The van der Waals surface area contributed by atoms with Gasteiger partial charge < -0.3 is 4.90 Å². The lowest BCUT2D eigenvalue weighted by molar-refractivity contribution is 0.554. The third kappa shape index (κ3) is 5.94. The summed E-state index contributed by atoms with van der Waals surface area (Å²) in [6, 6.07) is 87.6. The molecule has 0 radical (unpaired) electrons. The van der Waals surface area contributed by atoms with Crippen LogP contribution < -0.4 is 4.90 Å². The number of fused-ring (bicyclic) bond motifs is 10. The van der Waals surface area contributed by atoms with Gasteiger partial charge in [-0.3, -0.25) is 0 Å². The molecule has 2 aliphatic rings. The number of benzene rings is 10. The van der Waals surface area contributed by atoms with E-state index in [1.54, 1.807) is 0 Å². The molecule has 0 fully saturated rings. The monoisotopic (exact) mass is 835 g/mol. The minimum absolute atomic E-state index is 0.210. The molecule has 304 valence electrons. The molecule has 0 amide bonds. The molecule has 1 nitrogen and oxygen atoms in total. The van der Waals surface area contributed by atoms with Crippen molar-refractivity contribution in [3.63, 3.8) is 0 Å². The van der Waals surface area contributed by atoms with E-state index in [1.165, 1.54) is 87.3 Å². The minimum Gasteiger partial charge on any atom is -0.310 e. The second kappa shape index (κ2) is 15.2. The maximum absolute atomic E-state index is 2.51. The van der Waals surface area contributed by atoms with Crippen LogP contribution in [0.2, 0.25) is 0 Å². The van der Waals surface area contributed by atoms with Gasteiger partial charge in [-0.1, -0.05) is 214 Å². The molecule has 10 aromatic rings. The number of hydrogen-bond donors (Lipinski definition) is 0. The van der Waals surface area contributed by atoms with Crippen molar-refractivity contribution in [1.29, 1.82) is 0 Å². The van der Waals surface area contributed by atoms with Crippen molar-refractivity contribution < 1.29 is 0 Å². The topological polar surface area (TPSA) is 3.24 Å². The fourth-order valence-corrected chi connectivity index (χ4v) is 12.1. The molecule has 10 aromatic carbocycles. The summed E-state index contributed by atoms with van der Waals surface area (Å²) in [5.74, 6) is 0. The van der Waals surface area contributed by atoms with Crippen molar-refractivity contribution in [3.05, 3.63) is 270 Å². The Labute approximate surface area is 380 Å². The van der Waals surface area contributed by atoms with Crippen molar-refractivity contribution in [3.8, 4) is 33.4 Å². The Kier molecular flexibility index (Phi) is 9.07. The van der Waals surface area contributed by atoms with Gasteiger partial charge in [-0.15, -0.1) is 0 Å². The summed E-state index contributed by atoms with van der Waals surface area (Å²) in [6.07, 6.45) is 0. The number of para-hydroxylation sites is 1. The molecule has 12 rings (SSSR count). The zero-order chi connectivity index (χ0) is 42.8.